The molecule has 0 N–H and O–H groups in total. The predicted molar refractivity (Wildman–Crippen MR) is 112 cm³/mol. The maximum absolute atomic E-state index is 13.1. The van der Waals surface area contributed by atoms with Crippen molar-refractivity contribution in [2.24, 2.45) is 4.99 Å². The van der Waals surface area contributed by atoms with Crippen LogP contribution in [0.4, 0.5) is 11.4 Å². The molecule has 0 aromatic heterocycles. The largest absolute Gasteiger partial charge is 0.302 e. The van der Waals surface area contributed by atoms with Gasteiger partial charge in [0.15, 0.2) is 0 Å². The van der Waals surface area contributed by atoms with E-state index < -0.39 is 0 Å². The number of nitrogens with zero attached hydrogens (tertiary/aromatic N) is 2. The van der Waals surface area contributed by atoms with Gasteiger partial charge in [-0.3, -0.25) is 4.79 Å². The fourth-order valence-electron chi connectivity index (χ4n) is 3.01. The Morgan fingerprint density at radius 1 is 0.815 bits per heavy atom. The smallest absolute Gasteiger partial charge is 0.277 e. The summed E-state index contributed by atoms with van der Waals surface area (Å²) >= 11 is 18.5. The van der Waals surface area contributed by atoms with Crippen LogP contribution in [0.5, 0.6) is 0 Å². The number of para-hydroxylation sites is 1. The number of rotatable bonds is 3. The van der Waals surface area contributed by atoms with Gasteiger partial charge in [-0.25, -0.2) is 4.99 Å². The fraction of sp³-hybridized carbons (Fsp3) is 0.0476. The van der Waals surface area contributed by atoms with Crippen LogP contribution in [0, 0.1) is 0 Å². The molecule has 4 rings (SSSR count). The predicted octanol–water partition coefficient (Wildman–Crippen LogP) is 6.31. The molecule has 27 heavy (non-hydrogen) atoms. The number of carbonyl (C=O) groups is 1. The summed E-state index contributed by atoms with van der Waals surface area (Å²) in [6, 6.07) is 19.9. The number of anilines is 1. The van der Waals surface area contributed by atoms with E-state index >= 15 is 0 Å². The quantitative estimate of drug-likeness (QED) is 0.493. The topological polar surface area (TPSA) is 32.7 Å². The molecule has 1 aliphatic heterocycles. The molecule has 0 bridgehead atoms. The molecule has 0 unspecified atom stereocenters. The lowest BCUT2D eigenvalue weighted by atomic mass is 10.1. The standard InChI is InChI=1S/C21H13Cl3N2O/c22-13-8-10-14(11-9-13)25-20-15-4-1-2-7-19(15)26(21(20)27)12-16-17(23)5-3-6-18(16)24/h1-11H,12H2. The lowest BCUT2D eigenvalue weighted by molar-refractivity contribution is -0.112. The van der Waals surface area contributed by atoms with E-state index in [1.165, 1.54) is 0 Å². The Morgan fingerprint density at radius 3 is 2.19 bits per heavy atom. The van der Waals surface area contributed by atoms with Gasteiger partial charge in [0.2, 0.25) is 0 Å². The first-order chi connectivity index (χ1) is 13.0. The maximum atomic E-state index is 13.1. The highest BCUT2D eigenvalue weighted by Crippen LogP contribution is 2.34. The Hall–Kier alpha value is -2.33. The molecule has 0 aliphatic carbocycles. The van der Waals surface area contributed by atoms with Crippen LogP contribution in [0.15, 0.2) is 71.7 Å². The van der Waals surface area contributed by atoms with Crippen molar-refractivity contribution in [3.8, 4) is 0 Å². The Labute approximate surface area is 171 Å². The maximum Gasteiger partial charge on any atom is 0.277 e. The van der Waals surface area contributed by atoms with Crippen LogP contribution in [0.3, 0.4) is 0 Å². The average Bonchev–Trinajstić information content (AvgIpc) is 2.92. The van der Waals surface area contributed by atoms with Crippen LogP contribution in [-0.4, -0.2) is 11.6 Å². The number of hydrogen-bond donors (Lipinski definition) is 0. The van der Waals surface area contributed by atoms with E-state index in [0.717, 1.165) is 11.3 Å². The average molecular weight is 416 g/mol. The first-order valence-electron chi connectivity index (χ1n) is 8.23. The van der Waals surface area contributed by atoms with E-state index in [1.54, 1.807) is 47.4 Å². The zero-order valence-corrected chi connectivity index (χ0v) is 16.3. The van der Waals surface area contributed by atoms with Gasteiger partial charge in [0, 0.05) is 26.2 Å². The van der Waals surface area contributed by atoms with Crippen LogP contribution >= 0.6 is 34.8 Å². The second-order valence-corrected chi connectivity index (χ2v) is 7.30. The van der Waals surface area contributed by atoms with Gasteiger partial charge in [-0.05, 0) is 42.5 Å². The highest BCUT2D eigenvalue weighted by atomic mass is 35.5. The molecular formula is C21H13Cl3N2O. The monoisotopic (exact) mass is 414 g/mol. The first kappa shape index (κ1) is 18.1. The van der Waals surface area contributed by atoms with Crippen LogP contribution < -0.4 is 4.90 Å². The number of benzene rings is 3. The normalized spacial score (nSPS) is 14.7. The molecule has 0 spiro atoms. The van der Waals surface area contributed by atoms with Gasteiger partial charge in [0.05, 0.1) is 17.9 Å². The number of halogens is 3. The minimum atomic E-state index is -0.192. The van der Waals surface area contributed by atoms with Crippen LogP contribution in [0.2, 0.25) is 15.1 Å². The van der Waals surface area contributed by atoms with Crippen molar-refractivity contribution in [3.63, 3.8) is 0 Å². The number of hydrogen-bond acceptors (Lipinski definition) is 2. The second kappa shape index (κ2) is 7.35. The molecule has 3 nitrogen and oxygen atoms in total. The second-order valence-electron chi connectivity index (χ2n) is 6.05. The Morgan fingerprint density at radius 2 is 1.48 bits per heavy atom. The van der Waals surface area contributed by atoms with Crippen LogP contribution in [-0.2, 0) is 11.3 Å². The molecule has 3 aromatic carbocycles. The first-order valence-corrected chi connectivity index (χ1v) is 9.36. The van der Waals surface area contributed by atoms with E-state index in [0.29, 0.717) is 32.0 Å². The summed E-state index contributed by atoms with van der Waals surface area (Å²) in [5.41, 5.74) is 3.31. The third-order valence-corrected chi connectivity index (χ3v) is 5.30. The van der Waals surface area contributed by atoms with Gasteiger partial charge in [-0.1, -0.05) is 59.1 Å². The molecule has 0 saturated carbocycles. The molecule has 0 radical (unpaired) electrons. The summed E-state index contributed by atoms with van der Waals surface area (Å²) in [4.78, 5) is 19.4. The highest BCUT2D eigenvalue weighted by molar-refractivity contribution is 6.54. The lowest BCUT2D eigenvalue weighted by Crippen LogP contribution is -2.29. The molecule has 1 aliphatic rings. The van der Waals surface area contributed by atoms with Gasteiger partial charge < -0.3 is 4.90 Å². The van der Waals surface area contributed by atoms with E-state index in [9.17, 15) is 4.79 Å². The molecule has 0 atom stereocenters. The summed E-state index contributed by atoms with van der Waals surface area (Å²) in [5.74, 6) is -0.192. The molecule has 0 saturated heterocycles. The van der Waals surface area contributed by atoms with E-state index in [4.69, 9.17) is 34.8 Å². The third kappa shape index (κ3) is 3.46. The summed E-state index contributed by atoms with van der Waals surface area (Å²) in [7, 11) is 0. The molecule has 1 heterocycles. The molecule has 3 aromatic rings. The van der Waals surface area contributed by atoms with E-state index in [1.807, 2.05) is 24.3 Å². The highest BCUT2D eigenvalue weighted by Gasteiger charge is 2.34. The minimum absolute atomic E-state index is 0.192. The van der Waals surface area contributed by atoms with Gasteiger partial charge in [0.25, 0.3) is 5.91 Å². The van der Waals surface area contributed by atoms with Gasteiger partial charge in [-0.2, -0.15) is 0 Å². The van der Waals surface area contributed by atoms with Gasteiger partial charge >= 0.3 is 0 Å². The number of amides is 1. The van der Waals surface area contributed by atoms with Crippen LogP contribution in [0.1, 0.15) is 11.1 Å². The number of aliphatic imine (C=N–C) groups is 1. The van der Waals surface area contributed by atoms with E-state index in [-0.39, 0.29) is 12.5 Å². The van der Waals surface area contributed by atoms with Crippen molar-refractivity contribution >= 4 is 57.8 Å². The zero-order valence-electron chi connectivity index (χ0n) is 14.0. The van der Waals surface area contributed by atoms with Gasteiger partial charge in [0.1, 0.15) is 5.71 Å². The summed E-state index contributed by atoms with van der Waals surface area (Å²) in [6.07, 6.45) is 0. The zero-order chi connectivity index (χ0) is 19.0. The minimum Gasteiger partial charge on any atom is -0.302 e. The number of fused-ring (bicyclic) bond motifs is 1. The molecule has 1 amide bonds. The molecule has 0 fully saturated rings. The Balaban J connectivity index is 1.77. The van der Waals surface area contributed by atoms with Crippen molar-refractivity contribution in [2.45, 2.75) is 6.54 Å². The molecule has 134 valence electrons. The third-order valence-electron chi connectivity index (χ3n) is 4.34. The van der Waals surface area contributed by atoms with Crippen LogP contribution in [0.25, 0.3) is 0 Å². The summed E-state index contributed by atoms with van der Waals surface area (Å²) < 4.78 is 0. The SMILES string of the molecule is O=C1C(=Nc2ccc(Cl)cc2)c2ccccc2N1Cc1c(Cl)cccc1Cl. The summed E-state index contributed by atoms with van der Waals surface area (Å²) in [5, 5.41) is 1.67. The van der Waals surface area contributed by atoms with Crippen molar-refractivity contribution < 1.29 is 4.79 Å². The van der Waals surface area contributed by atoms with Gasteiger partial charge in [-0.15, -0.1) is 0 Å². The molecule has 6 heteroatoms. The van der Waals surface area contributed by atoms with E-state index in [2.05, 4.69) is 4.99 Å². The summed E-state index contributed by atoms with van der Waals surface area (Å²) in [6.45, 7) is 0.272. The Kier molecular flexibility index (Phi) is 4.92. The lowest BCUT2D eigenvalue weighted by Gasteiger charge is -2.18. The van der Waals surface area contributed by atoms with Crippen molar-refractivity contribution in [3.05, 3.63) is 92.9 Å². The fourth-order valence-corrected chi connectivity index (χ4v) is 3.66. The Bertz CT molecular complexity index is 1040. The van der Waals surface area contributed by atoms with Crippen molar-refractivity contribution in [1.29, 1.82) is 0 Å². The molecular weight excluding hydrogens is 403 g/mol. The van der Waals surface area contributed by atoms with Crippen molar-refractivity contribution in [1.82, 2.24) is 0 Å². The number of carbonyl (C=O) groups excluding carboxylic acids is 1. The van der Waals surface area contributed by atoms with Crippen molar-refractivity contribution in [2.75, 3.05) is 4.90 Å².